The van der Waals surface area contributed by atoms with Crippen LogP contribution in [0.15, 0.2) is 23.8 Å². The summed E-state index contributed by atoms with van der Waals surface area (Å²) in [6.45, 7) is 8.48. The van der Waals surface area contributed by atoms with Crippen molar-refractivity contribution in [3.8, 4) is 0 Å². The molecule has 0 aromatic rings. The van der Waals surface area contributed by atoms with E-state index in [4.69, 9.17) is 0 Å². The van der Waals surface area contributed by atoms with Crippen LogP contribution in [0.1, 0.15) is 40.5 Å². The molecule has 0 N–H and O–H groups in total. The molecule has 0 saturated heterocycles. The van der Waals surface area contributed by atoms with Crippen LogP contribution in [-0.2, 0) is 4.79 Å². The summed E-state index contributed by atoms with van der Waals surface area (Å²) < 4.78 is 0. The summed E-state index contributed by atoms with van der Waals surface area (Å²) >= 11 is 0. The van der Waals surface area contributed by atoms with Crippen molar-refractivity contribution in [2.75, 3.05) is 0 Å². The first-order valence-electron chi connectivity index (χ1n) is 5.28. The molecule has 0 spiro atoms. The average molecular weight is 192 g/mol. The first-order chi connectivity index (χ1) is 6.44. The van der Waals surface area contributed by atoms with Crippen molar-refractivity contribution < 1.29 is 4.79 Å². The second-order valence-electron chi connectivity index (χ2n) is 5.07. The van der Waals surface area contributed by atoms with Crippen molar-refractivity contribution in [1.82, 2.24) is 0 Å². The lowest BCUT2D eigenvalue weighted by molar-refractivity contribution is -0.117. The molecule has 1 atom stereocenters. The van der Waals surface area contributed by atoms with Gasteiger partial charge in [0.05, 0.1) is 0 Å². The van der Waals surface area contributed by atoms with Gasteiger partial charge in [0, 0.05) is 5.92 Å². The van der Waals surface area contributed by atoms with Gasteiger partial charge in [0.2, 0.25) is 0 Å². The highest BCUT2D eigenvalue weighted by Gasteiger charge is 2.29. The fourth-order valence-corrected chi connectivity index (χ4v) is 2.35. The molecule has 1 aliphatic rings. The zero-order chi connectivity index (χ0) is 10.8. The van der Waals surface area contributed by atoms with Crippen molar-refractivity contribution in [3.63, 3.8) is 0 Å². The summed E-state index contributed by atoms with van der Waals surface area (Å²) in [7, 11) is 0. The van der Waals surface area contributed by atoms with Gasteiger partial charge in [0.15, 0.2) is 5.78 Å². The molecule has 0 bridgehead atoms. The first-order valence-corrected chi connectivity index (χ1v) is 5.28. The van der Waals surface area contributed by atoms with Crippen LogP contribution in [-0.4, -0.2) is 5.78 Å². The number of ketones is 1. The molecule has 1 nitrogen and oxygen atoms in total. The molecule has 0 aromatic heterocycles. The molecule has 0 amide bonds. The molecule has 0 radical (unpaired) electrons. The van der Waals surface area contributed by atoms with Gasteiger partial charge in [-0.1, -0.05) is 31.6 Å². The minimum absolute atomic E-state index is 0.106. The van der Waals surface area contributed by atoms with Gasteiger partial charge in [-0.15, -0.1) is 0 Å². The van der Waals surface area contributed by atoms with Crippen LogP contribution >= 0.6 is 0 Å². The fourth-order valence-electron chi connectivity index (χ4n) is 2.35. The van der Waals surface area contributed by atoms with Crippen LogP contribution in [0, 0.1) is 11.3 Å². The number of hydrogen-bond donors (Lipinski definition) is 0. The van der Waals surface area contributed by atoms with Crippen LogP contribution in [0.5, 0.6) is 0 Å². The van der Waals surface area contributed by atoms with Gasteiger partial charge in [-0.25, -0.2) is 0 Å². The Kier molecular flexibility index (Phi) is 3.30. The van der Waals surface area contributed by atoms with Gasteiger partial charge in [-0.2, -0.15) is 0 Å². The quantitative estimate of drug-likeness (QED) is 0.483. The lowest BCUT2D eigenvalue weighted by atomic mass is 9.72. The van der Waals surface area contributed by atoms with E-state index in [0.29, 0.717) is 0 Å². The summed E-state index contributed by atoms with van der Waals surface area (Å²) in [6, 6.07) is 0. The maximum absolute atomic E-state index is 11.7. The van der Waals surface area contributed by atoms with E-state index < -0.39 is 0 Å². The normalized spacial score (nSPS) is 26.3. The Hall–Kier alpha value is -0.850. The highest BCUT2D eigenvalue weighted by molar-refractivity contribution is 5.93. The average Bonchev–Trinajstić information content (AvgIpc) is 2.00. The molecule has 0 unspecified atom stereocenters. The van der Waals surface area contributed by atoms with Gasteiger partial charge in [0.25, 0.3) is 0 Å². The van der Waals surface area contributed by atoms with Crippen molar-refractivity contribution in [3.05, 3.63) is 23.8 Å². The zero-order valence-corrected chi connectivity index (χ0v) is 9.63. The second-order valence-corrected chi connectivity index (χ2v) is 5.07. The number of hydrogen-bond acceptors (Lipinski definition) is 1. The summed E-state index contributed by atoms with van der Waals surface area (Å²) in [5, 5.41) is 0. The molecule has 78 valence electrons. The zero-order valence-electron chi connectivity index (χ0n) is 9.63. The minimum Gasteiger partial charge on any atom is -0.294 e. The fraction of sp³-hybridized carbons (Fsp3) is 0.615. The molecule has 1 rings (SSSR count). The summed E-state index contributed by atoms with van der Waals surface area (Å²) in [5.74, 6) is 0.356. The predicted octanol–water partition coefficient (Wildman–Crippen LogP) is 3.51. The van der Waals surface area contributed by atoms with E-state index in [1.807, 2.05) is 13.0 Å². The van der Waals surface area contributed by atoms with Crippen LogP contribution in [0.2, 0.25) is 0 Å². The Balaban J connectivity index is 2.81. The second kappa shape index (κ2) is 4.12. The summed E-state index contributed by atoms with van der Waals surface area (Å²) in [6.07, 6.45) is 7.75. The molecule has 1 aliphatic carbocycles. The molecule has 0 heterocycles. The highest BCUT2D eigenvalue weighted by atomic mass is 16.1. The van der Waals surface area contributed by atoms with E-state index in [1.54, 1.807) is 6.08 Å². The summed E-state index contributed by atoms with van der Waals surface area (Å²) in [5.41, 5.74) is 1.63. The van der Waals surface area contributed by atoms with Crippen molar-refractivity contribution >= 4 is 5.78 Å². The van der Waals surface area contributed by atoms with Gasteiger partial charge in [-0.3, -0.25) is 4.79 Å². The van der Waals surface area contributed by atoms with Gasteiger partial charge >= 0.3 is 0 Å². The standard InChI is InChI=1S/C13H20O/c1-5-6-12(14)11-7-10(2)8-13(3,4)9-11/h5-7,11H,8-9H2,1-4H3/b6-5-/t11-/m0/s1. The largest absolute Gasteiger partial charge is 0.294 e. The van der Waals surface area contributed by atoms with Gasteiger partial charge in [0.1, 0.15) is 0 Å². The molecule has 1 heteroatoms. The third kappa shape index (κ3) is 2.83. The minimum atomic E-state index is 0.106. The molecular formula is C13H20O. The van der Waals surface area contributed by atoms with Crippen molar-refractivity contribution in [1.29, 1.82) is 0 Å². The first kappa shape index (κ1) is 11.2. The van der Waals surface area contributed by atoms with E-state index in [1.165, 1.54) is 5.57 Å². The van der Waals surface area contributed by atoms with Crippen molar-refractivity contribution in [2.45, 2.75) is 40.5 Å². The number of allylic oxidation sites excluding steroid dienone is 4. The monoisotopic (exact) mass is 192 g/mol. The maximum Gasteiger partial charge on any atom is 0.162 e. The van der Waals surface area contributed by atoms with E-state index >= 15 is 0 Å². The Morgan fingerprint density at radius 2 is 2.21 bits per heavy atom. The summed E-state index contributed by atoms with van der Waals surface area (Å²) in [4.78, 5) is 11.7. The third-order valence-electron chi connectivity index (χ3n) is 2.71. The Labute approximate surface area is 86.9 Å². The van der Waals surface area contributed by atoms with Crippen LogP contribution in [0.3, 0.4) is 0 Å². The van der Waals surface area contributed by atoms with Crippen LogP contribution in [0.4, 0.5) is 0 Å². The Morgan fingerprint density at radius 1 is 1.57 bits per heavy atom. The number of rotatable bonds is 2. The van der Waals surface area contributed by atoms with E-state index in [-0.39, 0.29) is 17.1 Å². The Morgan fingerprint density at radius 3 is 2.71 bits per heavy atom. The Bertz CT molecular complexity index is 282. The van der Waals surface area contributed by atoms with Gasteiger partial charge < -0.3 is 0 Å². The van der Waals surface area contributed by atoms with Crippen molar-refractivity contribution in [2.24, 2.45) is 11.3 Å². The molecule has 0 saturated carbocycles. The van der Waals surface area contributed by atoms with E-state index in [0.717, 1.165) is 12.8 Å². The highest BCUT2D eigenvalue weighted by Crippen LogP contribution is 2.38. The van der Waals surface area contributed by atoms with Crippen LogP contribution in [0.25, 0.3) is 0 Å². The van der Waals surface area contributed by atoms with Gasteiger partial charge in [-0.05, 0) is 38.2 Å². The smallest absolute Gasteiger partial charge is 0.162 e. The third-order valence-corrected chi connectivity index (χ3v) is 2.71. The topological polar surface area (TPSA) is 17.1 Å². The SMILES string of the molecule is C/C=C\C(=O)[C@H]1C=C(C)CC(C)(C)C1. The molecule has 0 fully saturated rings. The van der Waals surface area contributed by atoms with Crippen LogP contribution < -0.4 is 0 Å². The molecule has 0 aromatic carbocycles. The number of carbonyl (C=O) groups excluding carboxylic acids is 1. The molecule has 14 heavy (non-hydrogen) atoms. The lowest BCUT2D eigenvalue weighted by Gasteiger charge is -2.32. The van der Waals surface area contributed by atoms with E-state index in [2.05, 4.69) is 26.8 Å². The maximum atomic E-state index is 11.7. The van der Waals surface area contributed by atoms with E-state index in [9.17, 15) is 4.79 Å². The molecule has 0 aliphatic heterocycles. The predicted molar refractivity (Wildman–Crippen MR) is 60.1 cm³/mol. The number of carbonyl (C=O) groups is 1. The lowest BCUT2D eigenvalue weighted by Crippen LogP contribution is -2.25. The molecular weight excluding hydrogens is 172 g/mol.